The zero-order valence-corrected chi connectivity index (χ0v) is 14.6. The van der Waals surface area contributed by atoms with Gasteiger partial charge in [-0.3, -0.25) is 9.78 Å². The summed E-state index contributed by atoms with van der Waals surface area (Å²) in [6, 6.07) is 5.14. The summed E-state index contributed by atoms with van der Waals surface area (Å²) in [5.41, 5.74) is 5.96. The summed E-state index contributed by atoms with van der Waals surface area (Å²) in [6.45, 7) is 0.452. The lowest BCUT2D eigenvalue weighted by Gasteiger charge is -2.30. The number of carbonyl (C=O) groups excluding carboxylic acids is 1. The number of ether oxygens (including phenoxy) is 1. The Morgan fingerprint density at radius 1 is 1.29 bits per heavy atom. The van der Waals surface area contributed by atoms with Gasteiger partial charge in [-0.2, -0.15) is 13.2 Å². The molecule has 1 saturated heterocycles. The summed E-state index contributed by atoms with van der Waals surface area (Å²) in [6.07, 6.45) is -3.05. The van der Waals surface area contributed by atoms with Gasteiger partial charge in [0, 0.05) is 13.2 Å². The monoisotopic (exact) mass is 397 g/mol. The minimum Gasteiger partial charge on any atom is -0.662 e. The molecule has 2 heterocycles. The number of benzene rings is 1. The predicted molar refractivity (Wildman–Crippen MR) is 93.3 cm³/mol. The molecule has 28 heavy (non-hydrogen) atoms. The number of pyridine rings is 1. The summed E-state index contributed by atoms with van der Waals surface area (Å²) >= 11 is 0. The third kappa shape index (κ3) is 4.57. The van der Waals surface area contributed by atoms with E-state index < -0.39 is 34.7 Å². The van der Waals surface area contributed by atoms with Crippen LogP contribution in [-0.4, -0.2) is 29.6 Å². The molecule has 1 aromatic heterocycles. The Balaban J connectivity index is 1.65. The van der Waals surface area contributed by atoms with Crippen LogP contribution in [0.2, 0.25) is 0 Å². The van der Waals surface area contributed by atoms with Crippen LogP contribution in [0.4, 0.5) is 28.9 Å². The van der Waals surface area contributed by atoms with Crippen molar-refractivity contribution in [1.29, 1.82) is 0 Å². The molecule has 2 aromatic rings. The number of alkyl halides is 3. The van der Waals surface area contributed by atoms with Gasteiger partial charge < -0.3 is 21.1 Å². The Kier molecular flexibility index (Phi) is 5.52. The molecule has 1 fully saturated rings. The standard InChI is InChI=1S/C18H17F4N4O2/c19-11-1-4-14(18(20,21)22)15(7-11)26-13-3-2-12(24-9-13)8-25-16(27)17(23)5-6-28-10-17/h1-4,7,9,23,26H,5-6,8,10H2,(H,25,27)/q-1. The second kappa shape index (κ2) is 7.72. The number of nitrogens with zero attached hydrogens (tertiary/aromatic N) is 1. The summed E-state index contributed by atoms with van der Waals surface area (Å²) in [4.78, 5) is 16.1. The number of hydrogen-bond donors (Lipinski definition) is 2. The van der Waals surface area contributed by atoms with Gasteiger partial charge in [0.1, 0.15) is 5.82 Å². The van der Waals surface area contributed by atoms with Crippen LogP contribution in [-0.2, 0) is 22.3 Å². The summed E-state index contributed by atoms with van der Waals surface area (Å²) in [5, 5.41) is 5.11. The number of aromatic nitrogens is 1. The molecule has 3 N–H and O–H groups in total. The number of hydrogen-bond acceptors (Lipinski definition) is 4. The molecule has 0 saturated carbocycles. The lowest BCUT2D eigenvalue weighted by Crippen LogP contribution is -2.44. The van der Waals surface area contributed by atoms with E-state index in [4.69, 9.17) is 10.5 Å². The smallest absolute Gasteiger partial charge is 0.418 e. The van der Waals surface area contributed by atoms with Gasteiger partial charge in [-0.25, -0.2) is 4.39 Å². The largest absolute Gasteiger partial charge is 0.662 e. The molecule has 1 aromatic carbocycles. The topological polar surface area (TPSA) is 87.1 Å². The Morgan fingerprint density at radius 2 is 2.07 bits per heavy atom. The SMILES string of the molecule is [NH-]C1(C(=O)NCc2ccc(Nc3cc(F)ccc3C(F)(F)F)cn2)CCOC1. The number of nitrogens with one attached hydrogen (secondary N) is 3. The van der Waals surface area contributed by atoms with Crippen LogP contribution in [0.5, 0.6) is 0 Å². The Labute approximate surface area is 158 Å². The van der Waals surface area contributed by atoms with Gasteiger partial charge in [-0.1, -0.05) is 0 Å². The van der Waals surface area contributed by atoms with Gasteiger partial charge >= 0.3 is 6.18 Å². The lowest BCUT2D eigenvalue weighted by molar-refractivity contribution is -0.137. The summed E-state index contributed by atoms with van der Waals surface area (Å²) in [7, 11) is 0. The van der Waals surface area contributed by atoms with Crippen molar-refractivity contribution in [3.8, 4) is 0 Å². The van der Waals surface area contributed by atoms with Crippen molar-refractivity contribution in [3.63, 3.8) is 0 Å². The lowest BCUT2D eigenvalue weighted by atomic mass is 9.99. The Hall–Kier alpha value is -2.72. The normalized spacial score (nSPS) is 19.5. The van der Waals surface area contributed by atoms with E-state index in [0.29, 0.717) is 24.8 Å². The van der Waals surface area contributed by atoms with E-state index >= 15 is 0 Å². The first kappa shape index (κ1) is 20.0. The third-order valence-corrected chi connectivity index (χ3v) is 4.28. The van der Waals surface area contributed by atoms with Gasteiger partial charge in [0.25, 0.3) is 0 Å². The van der Waals surface area contributed by atoms with Gasteiger partial charge in [0.15, 0.2) is 0 Å². The molecule has 0 spiro atoms. The van der Waals surface area contributed by atoms with Crippen LogP contribution in [0.1, 0.15) is 17.7 Å². The minimum absolute atomic E-state index is 0.0320. The fourth-order valence-corrected chi connectivity index (χ4v) is 2.71. The zero-order chi connectivity index (χ0) is 20.4. The first-order chi connectivity index (χ1) is 13.2. The summed E-state index contributed by atoms with van der Waals surface area (Å²) < 4.78 is 57.5. The van der Waals surface area contributed by atoms with E-state index in [0.717, 1.165) is 12.1 Å². The quantitative estimate of drug-likeness (QED) is 0.751. The number of halogens is 4. The van der Waals surface area contributed by atoms with Gasteiger partial charge in [-0.15, -0.1) is 0 Å². The number of carbonyl (C=O) groups is 1. The van der Waals surface area contributed by atoms with E-state index in [9.17, 15) is 22.4 Å². The Bertz CT molecular complexity index is 850. The number of anilines is 2. The van der Waals surface area contributed by atoms with Crippen LogP contribution in [0.25, 0.3) is 5.73 Å². The van der Waals surface area contributed by atoms with Crippen LogP contribution in [0.15, 0.2) is 36.5 Å². The molecule has 3 rings (SSSR count). The van der Waals surface area contributed by atoms with Crippen LogP contribution < -0.4 is 10.6 Å². The number of amides is 1. The van der Waals surface area contributed by atoms with E-state index in [2.05, 4.69) is 15.6 Å². The van der Waals surface area contributed by atoms with E-state index in [1.54, 1.807) is 0 Å². The molecule has 1 aliphatic rings. The molecule has 0 radical (unpaired) electrons. The molecule has 0 bridgehead atoms. The average molecular weight is 397 g/mol. The first-order valence-electron chi connectivity index (χ1n) is 8.37. The van der Waals surface area contributed by atoms with E-state index in [1.807, 2.05) is 0 Å². The highest BCUT2D eigenvalue weighted by molar-refractivity contribution is 5.88. The maximum atomic E-state index is 13.4. The van der Waals surface area contributed by atoms with Crippen molar-refractivity contribution in [2.24, 2.45) is 0 Å². The fraction of sp³-hybridized carbons (Fsp3) is 0.333. The van der Waals surface area contributed by atoms with Crippen molar-refractivity contribution in [2.45, 2.75) is 24.7 Å². The maximum Gasteiger partial charge on any atom is 0.418 e. The molecule has 1 amide bonds. The average Bonchev–Trinajstić information content (AvgIpc) is 3.08. The molecule has 150 valence electrons. The minimum atomic E-state index is -4.64. The fourth-order valence-electron chi connectivity index (χ4n) is 2.71. The van der Waals surface area contributed by atoms with Gasteiger partial charge in [0.2, 0.25) is 5.91 Å². The third-order valence-electron chi connectivity index (χ3n) is 4.28. The number of rotatable bonds is 5. The van der Waals surface area contributed by atoms with Gasteiger partial charge in [0.05, 0.1) is 35.4 Å². The first-order valence-corrected chi connectivity index (χ1v) is 8.37. The van der Waals surface area contributed by atoms with Crippen molar-refractivity contribution >= 4 is 17.3 Å². The molecular weight excluding hydrogens is 380 g/mol. The molecule has 6 nitrogen and oxygen atoms in total. The highest BCUT2D eigenvalue weighted by Gasteiger charge is 2.34. The summed E-state index contributed by atoms with van der Waals surface area (Å²) in [5.74, 6) is -1.27. The van der Waals surface area contributed by atoms with E-state index in [-0.39, 0.29) is 18.8 Å². The molecule has 0 aliphatic carbocycles. The zero-order valence-electron chi connectivity index (χ0n) is 14.6. The van der Waals surface area contributed by atoms with Crippen molar-refractivity contribution in [1.82, 2.24) is 10.3 Å². The van der Waals surface area contributed by atoms with E-state index in [1.165, 1.54) is 18.3 Å². The van der Waals surface area contributed by atoms with Crippen LogP contribution >= 0.6 is 0 Å². The highest BCUT2D eigenvalue weighted by atomic mass is 19.4. The molecular formula is C18H17F4N4O2-. The van der Waals surface area contributed by atoms with Crippen LogP contribution in [0, 0.1) is 5.82 Å². The second-order valence-corrected chi connectivity index (χ2v) is 6.42. The van der Waals surface area contributed by atoms with Crippen molar-refractivity contribution in [2.75, 3.05) is 18.5 Å². The highest BCUT2D eigenvalue weighted by Crippen LogP contribution is 2.36. The van der Waals surface area contributed by atoms with Crippen molar-refractivity contribution < 1.29 is 27.1 Å². The Morgan fingerprint density at radius 3 is 2.68 bits per heavy atom. The molecule has 1 aliphatic heterocycles. The maximum absolute atomic E-state index is 13.4. The van der Waals surface area contributed by atoms with Crippen LogP contribution in [0.3, 0.4) is 0 Å². The second-order valence-electron chi connectivity index (χ2n) is 6.42. The molecule has 1 unspecified atom stereocenters. The predicted octanol–water partition coefficient (Wildman–Crippen LogP) is 3.81. The molecule has 10 heteroatoms. The molecule has 1 atom stereocenters. The van der Waals surface area contributed by atoms with Crippen molar-refractivity contribution in [3.05, 3.63) is 59.3 Å². The van der Waals surface area contributed by atoms with Gasteiger partial charge in [-0.05, 0) is 42.3 Å².